The van der Waals surface area contributed by atoms with Gasteiger partial charge < -0.3 is 9.88 Å². The highest BCUT2D eigenvalue weighted by Crippen LogP contribution is 2.10. The molecule has 5 nitrogen and oxygen atoms in total. The number of nitrogens with one attached hydrogen (secondary N) is 1. The second kappa shape index (κ2) is 7.74. The Kier molecular flexibility index (Phi) is 4.83. The smallest absolute Gasteiger partial charge is 0.268 e. The second-order valence-electron chi connectivity index (χ2n) is 6.31. The molecule has 4 aromatic rings. The Balaban J connectivity index is 1.39. The minimum absolute atomic E-state index is 0.0768. The van der Waals surface area contributed by atoms with Crippen LogP contribution in [0, 0.1) is 0 Å². The van der Waals surface area contributed by atoms with Gasteiger partial charge in [0.2, 0.25) is 0 Å². The van der Waals surface area contributed by atoms with Crippen LogP contribution >= 0.6 is 0 Å². The molecule has 0 atom stereocenters. The highest BCUT2D eigenvalue weighted by molar-refractivity contribution is 5.92. The van der Waals surface area contributed by atoms with Crippen LogP contribution in [0.4, 0.5) is 0 Å². The Morgan fingerprint density at radius 2 is 1.67 bits per heavy atom. The van der Waals surface area contributed by atoms with Gasteiger partial charge >= 0.3 is 0 Å². The second-order valence-corrected chi connectivity index (χ2v) is 6.31. The fourth-order valence-electron chi connectivity index (χ4n) is 3.00. The average molecular weight is 356 g/mol. The van der Waals surface area contributed by atoms with Gasteiger partial charge in [0.25, 0.3) is 5.91 Å². The van der Waals surface area contributed by atoms with E-state index < -0.39 is 0 Å². The average Bonchev–Trinajstić information content (AvgIpc) is 3.40. The Labute approximate surface area is 157 Å². The first kappa shape index (κ1) is 16.8. The third kappa shape index (κ3) is 3.98. The summed E-state index contributed by atoms with van der Waals surface area (Å²) in [7, 11) is 0. The summed E-state index contributed by atoms with van der Waals surface area (Å²) in [5.74, 6) is -0.0768. The summed E-state index contributed by atoms with van der Waals surface area (Å²) >= 11 is 0. The number of benzene rings is 2. The van der Waals surface area contributed by atoms with Gasteiger partial charge in [-0.05, 0) is 41.5 Å². The number of aromatic nitrogens is 3. The zero-order valence-corrected chi connectivity index (χ0v) is 14.8. The molecular formula is C22H20N4O. The Bertz CT molecular complexity index is 1000. The molecule has 27 heavy (non-hydrogen) atoms. The minimum atomic E-state index is -0.0768. The summed E-state index contributed by atoms with van der Waals surface area (Å²) in [6.07, 6.45) is 5.58. The highest BCUT2D eigenvalue weighted by Gasteiger charge is 2.11. The van der Waals surface area contributed by atoms with E-state index in [9.17, 15) is 4.79 Å². The van der Waals surface area contributed by atoms with Gasteiger partial charge in [-0.25, -0.2) is 4.68 Å². The standard InChI is InChI=1S/C22H20N4O/c27-22(21-8-4-14-25(21)17-19-6-2-1-3-7-19)23-16-18-9-11-20(12-10-18)26-15-5-13-24-26/h1-15H,16-17H2,(H,23,27). The van der Waals surface area contributed by atoms with E-state index in [1.807, 2.05) is 77.6 Å². The van der Waals surface area contributed by atoms with Crippen molar-refractivity contribution in [3.8, 4) is 5.69 Å². The minimum Gasteiger partial charge on any atom is -0.347 e. The molecule has 0 saturated carbocycles. The van der Waals surface area contributed by atoms with Crippen LogP contribution in [-0.2, 0) is 13.1 Å². The molecule has 0 bridgehead atoms. The van der Waals surface area contributed by atoms with Crippen molar-refractivity contribution in [1.82, 2.24) is 19.7 Å². The predicted octanol–water partition coefficient (Wildman–Crippen LogP) is 3.65. The summed E-state index contributed by atoms with van der Waals surface area (Å²) in [6.45, 7) is 1.16. The van der Waals surface area contributed by atoms with E-state index in [0.29, 0.717) is 18.8 Å². The molecular weight excluding hydrogens is 336 g/mol. The monoisotopic (exact) mass is 356 g/mol. The molecule has 2 heterocycles. The van der Waals surface area contributed by atoms with Crippen LogP contribution in [0.1, 0.15) is 21.6 Å². The van der Waals surface area contributed by atoms with E-state index >= 15 is 0 Å². The Hall–Kier alpha value is -3.60. The summed E-state index contributed by atoms with van der Waals surface area (Å²) in [4.78, 5) is 12.6. The fraction of sp³-hybridized carbons (Fsp3) is 0.0909. The fourth-order valence-corrected chi connectivity index (χ4v) is 3.00. The van der Waals surface area contributed by atoms with Crippen LogP contribution in [0.3, 0.4) is 0 Å². The molecule has 2 aromatic carbocycles. The van der Waals surface area contributed by atoms with Crippen molar-refractivity contribution in [1.29, 1.82) is 0 Å². The summed E-state index contributed by atoms with van der Waals surface area (Å²) < 4.78 is 3.77. The zero-order valence-electron chi connectivity index (χ0n) is 14.8. The van der Waals surface area contributed by atoms with Crippen LogP contribution in [0.2, 0.25) is 0 Å². The van der Waals surface area contributed by atoms with Gasteiger partial charge in [0.05, 0.1) is 5.69 Å². The lowest BCUT2D eigenvalue weighted by molar-refractivity contribution is 0.0942. The van der Waals surface area contributed by atoms with Crippen LogP contribution in [0.25, 0.3) is 5.69 Å². The van der Waals surface area contributed by atoms with Crippen molar-refractivity contribution in [3.05, 3.63) is 108 Å². The molecule has 0 aliphatic carbocycles. The first-order valence-corrected chi connectivity index (χ1v) is 8.86. The number of hydrogen-bond donors (Lipinski definition) is 1. The quantitative estimate of drug-likeness (QED) is 0.573. The van der Waals surface area contributed by atoms with E-state index in [4.69, 9.17) is 0 Å². The lowest BCUT2D eigenvalue weighted by atomic mass is 10.2. The first-order valence-electron chi connectivity index (χ1n) is 8.86. The molecule has 0 radical (unpaired) electrons. The molecule has 0 saturated heterocycles. The van der Waals surface area contributed by atoms with Gasteiger partial charge in [-0.1, -0.05) is 42.5 Å². The molecule has 0 aliphatic rings. The van der Waals surface area contributed by atoms with E-state index in [2.05, 4.69) is 22.5 Å². The maximum atomic E-state index is 12.6. The van der Waals surface area contributed by atoms with E-state index in [1.165, 1.54) is 0 Å². The van der Waals surface area contributed by atoms with Crippen molar-refractivity contribution in [2.75, 3.05) is 0 Å². The van der Waals surface area contributed by atoms with Crippen LogP contribution in [-0.4, -0.2) is 20.3 Å². The third-order valence-electron chi connectivity index (χ3n) is 4.42. The predicted molar refractivity (Wildman–Crippen MR) is 105 cm³/mol. The molecule has 0 unspecified atom stereocenters. The summed E-state index contributed by atoms with van der Waals surface area (Å²) in [5, 5.41) is 7.21. The van der Waals surface area contributed by atoms with Crippen molar-refractivity contribution in [2.24, 2.45) is 0 Å². The highest BCUT2D eigenvalue weighted by atomic mass is 16.1. The van der Waals surface area contributed by atoms with E-state index in [0.717, 1.165) is 16.8 Å². The summed E-state index contributed by atoms with van der Waals surface area (Å²) in [5.41, 5.74) is 3.86. The molecule has 0 aliphatic heterocycles. The maximum Gasteiger partial charge on any atom is 0.268 e. The lowest BCUT2D eigenvalue weighted by Crippen LogP contribution is -2.25. The summed E-state index contributed by atoms with van der Waals surface area (Å²) in [6, 6.07) is 23.7. The van der Waals surface area contributed by atoms with Crippen LogP contribution < -0.4 is 5.32 Å². The number of hydrogen-bond acceptors (Lipinski definition) is 2. The van der Waals surface area contributed by atoms with Gasteiger partial charge in [0.15, 0.2) is 0 Å². The molecule has 1 N–H and O–H groups in total. The molecule has 4 rings (SSSR count). The van der Waals surface area contributed by atoms with Crippen molar-refractivity contribution >= 4 is 5.91 Å². The lowest BCUT2D eigenvalue weighted by Gasteiger charge is -2.10. The van der Waals surface area contributed by atoms with Gasteiger partial charge in [0, 0.05) is 31.7 Å². The number of carbonyl (C=O) groups is 1. The Morgan fingerprint density at radius 1 is 0.852 bits per heavy atom. The largest absolute Gasteiger partial charge is 0.347 e. The molecule has 2 aromatic heterocycles. The Morgan fingerprint density at radius 3 is 2.41 bits per heavy atom. The van der Waals surface area contributed by atoms with Crippen LogP contribution in [0.15, 0.2) is 91.4 Å². The SMILES string of the molecule is O=C(NCc1ccc(-n2cccn2)cc1)c1cccn1Cc1ccccc1. The molecule has 1 amide bonds. The molecule has 0 fully saturated rings. The van der Waals surface area contributed by atoms with Gasteiger partial charge in [0.1, 0.15) is 5.69 Å². The molecule has 0 spiro atoms. The van der Waals surface area contributed by atoms with Gasteiger partial charge in [-0.2, -0.15) is 5.10 Å². The van der Waals surface area contributed by atoms with Gasteiger partial charge in [-0.15, -0.1) is 0 Å². The number of amides is 1. The first-order chi connectivity index (χ1) is 13.3. The number of rotatable bonds is 6. The normalized spacial score (nSPS) is 10.7. The van der Waals surface area contributed by atoms with Crippen molar-refractivity contribution in [2.45, 2.75) is 13.1 Å². The molecule has 5 heteroatoms. The maximum absolute atomic E-state index is 12.6. The van der Waals surface area contributed by atoms with E-state index in [-0.39, 0.29) is 5.91 Å². The third-order valence-corrected chi connectivity index (χ3v) is 4.42. The van der Waals surface area contributed by atoms with Crippen LogP contribution in [0.5, 0.6) is 0 Å². The number of nitrogens with zero attached hydrogens (tertiary/aromatic N) is 3. The number of carbonyl (C=O) groups excluding carboxylic acids is 1. The van der Waals surface area contributed by atoms with Gasteiger partial charge in [-0.3, -0.25) is 4.79 Å². The van der Waals surface area contributed by atoms with Crippen molar-refractivity contribution in [3.63, 3.8) is 0 Å². The topological polar surface area (TPSA) is 51.9 Å². The molecule has 134 valence electrons. The van der Waals surface area contributed by atoms with Crippen molar-refractivity contribution < 1.29 is 4.79 Å². The zero-order chi connectivity index (χ0) is 18.5. The van der Waals surface area contributed by atoms with E-state index in [1.54, 1.807) is 10.9 Å².